The molecule has 0 radical (unpaired) electrons. The summed E-state index contributed by atoms with van der Waals surface area (Å²) in [6, 6.07) is 12.3. The molecule has 1 heterocycles. The molecule has 2 aromatic rings. The zero-order chi connectivity index (χ0) is 17.2. The Morgan fingerprint density at radius 3 is 2.76 bits per heavy atom. The number of carbonyl (C=O) groups excluding carboxylic acids is 1. The average molecular weight is 339 g/mol. The highest BCUT2D eigenvalue weighted by Crippen LogP contribution is 2.33. The van der Waals surface area contributed by atoms with Gasteiger partial charge in [0.15, 0.2) is 11.5 Å². The molecule has 4 rings (SSSR count). The van der Waals surface area contributed by atoms with Gasteiger partial charge >= 0.3 is 0 Å². The maximum Gasteiger partial charge on any atom is 0.247 e. The first kappa shape index (κ1) is 15.7. The average Bonchev–Trinajstić information content (AvgIpc) is 3.35. The number of nitrogens with zero attached hydrogens (tertiary/aromatic N) is 1. The quantitative estimate of drug-likeness (QED) is 0.779. The summed E-state index contributed by atoms with van der Waals surface area (Å²) in [7, 11) is 0. The Kier molecular flexibility index (Phi) is 4.14. The molecular formula is C20H18FNO3. The Bertz CT molecular complexity index is 829. The van der Waals surface area contributed by atoms with Crippen LogP contribution in [0.25, 0.3) is 6.08 Å². The van der Waals surface area contributed by atoms with E-state index in [1.54, 1.807) is 29.2 Å². The van der Waals surface area contributed by atoms with Gasteiger partial charge in [0.1, 0.15) is 5.82 Å². The summed E-state index contributed by atoms with van der Waals surface area (Å²) in [5.74, 6) is 1.01. The molecule has 4 nitrogen and oxygen atoms in total. The topological polar surface area (TPSA) is 38.8 Å². The van der Waals surface area contributed by atoms with E-state index in [-0.39, 0.29) is 24.6 Å². The van der Waals surface area contributed by atoms with Gasteiger partial charge in [0.2, 0.25) is 12.7 Å². The molecular weight excluding hydrogens is 321 g/mol. The molecule has 128 valence electrons. The molecule has 0 unspecified atom stereocenters. The maximum atomic E-state index is 13.9. The lowest BCUT2D eigenvalue weighted by atomic mass is 10.1. The van der Waals surface area contributed by atoms with E-state index in [0.717, 1.165) is 18.4 Å². The molecule has 1 amide bonds. The van der Waals surface area contributed by atoms with Crippen LogP contribution >= 0.6 is 0 Å². The van der Waals surface area contributed by atoms with Crippen LogP contribution in [0.2, 0.25) is 0 Å². The lowest BCUT2D eigenvalue weighted by molar-refractivity contribution is -0.127. The number of hydrogen-bond donors (Lipinski definition) is 0. The van der Waals surface area contributed by atoms with Crippen molar-refractivity contribution in [2.75, 3.05) is 6.79 Å². The molecule has 1 aliphatic heterocycles. The summed E-state index contributed by atoms with van der Waals surface area (Å²) in [6.45, 7) is 0.515. The summed E-state index contributed by atoms with van der Waals surface area (Å²) < 4.78 is 24.5. The lowest BCUT2D eigenvalue weighted by Gasteiger charge is -2.21. The molecule has 0 atom stereocenters. The predicted octanol–water partition coefficient (Wildman–Crippen LogP) is 3.76. The molecule has 0 spiro atoms. The van der Waals surface area contributed by atoms with Crippen molar-refractivity contribution in [3.8, 4) is 11.5 Å². The first-order chi connectivity index (χ1) is 12.2. The second-order valence-corrected chi connectivity index (χ2v) is 6.23. The van der Waals surface area contributed by atoms with Gasteiger partial charge in [-0.15, -0.1) is 0 Å². The molecule has 0 bridgehead atoms. The van der Waals surface area contributed by atoms with E-state index in [1.807, 2.05) is 18.2 Å². The lowest BCUT2D eigenvalue weighted by Crippen LogP contribution is -2.31. The monoisotopic (exact) mass is 339 g/mol. The molecule has 0 N–H and O–H groups in total. The van der Waals surface area contributed by atoms with Crippen molar-refractivity contribution in [2.24, 2.45) is 0 Å². The smallest absolute Gasteiger partial charge is 0.247 e. The second-order valence-electron chi connectivity index (χ2n) is 6.23. The van der Waals surface area contributed by atoms with Gasteiger partial charge in [0.25, 0.3) is 0 Å². The van der Waals surface area contributed by atoms with E-state index < -0.39 is 0 Å². The van der Waals surface area contributed by atoms with Gasteiger partial charge in [-0.1, -0.05) is 24.3 Å². The van der Waals surface area contributed by atoms with E-state index in [0.29, 0.717) is 23.6 Å². The van der Waals surface area contributed by atoms with Gasteiger partial charge in [0.05, 0.1) is 0 Å². The van der Waals surface area contributed by atoms with Crippen LogP contribution in [-0.2, 0) is 11.3 Å². The Labute approximate surface area is 145 Å². The highest BCUT2D eigenvalue weighted by molar-refractivity contribution is 5.92. The van der Waals surface area contributed by atoms with Crippen LogP contribution in [-0.4, -0.2) is 23.6 Å². The Morgan fingerprint density at radius 1 is 1.16 bits per heavy atom. The summed E-state index contributed by atoms with van der Waals surface area (Å²) in [4.78, 5) is 14.3. The third-order valence-corrected chi connectivity index (χ3v) is 4.38. The first-order valence-electron chi connectivity index (χ1n) is 8.32. The fourth-order valence-corrected chi connectivity index (χ4v) is 2.86. The molecule has 0 aromatic heterocycles. The fraction of sp³-hybridized carbons (Fsp3) is 0.250. The third-order valence-electron chi connectivity index (χ3n) is 4.38. The van der Waals surface area contributed by atoms with Gasteiger partial charge in [-0.3, -0.25) is 4.79 Å². The van der Waals surface area contributed by atoms with Crippen LogP contribution in [0.1, 0.15) is 24.0 Å². The molecule has 1 saturated carbocycles. The van der Waals surface area contributed by atoms with Crippen molar-refractivity contribution in [3.63, 3.8) is 0 Å². The molecule has 5 heteroatoms. The molecule has 25 heavy (non-hydrogen) atoms. The molecule has 2 aliphatic rings. The standard InChI is InChI=1S/C20H18FNO3/c21-17-4-2-1-3-15(17)12-22(16-7-8-16)20(23)10-6-14-5-9-18-19(11-14)25-13-24-18/h1-6,9-11,16H,7-8,12-13H2/b10-6+. The number of benzene rings is 2. The number of ether oxygens (including phenoxy) is 2. The van der Waals surface area contributed by atoms with Gasteiger partial charge in [0, 0.05) is 24.2 Å². The molecule has 1 aliphatic carbocycles. The first-order valence-corrected chi connectivity index (χ1v) is 8.32. The van der Waals surface area contributed by atoms with Crippen molar-refractivity contribution in [1.29, 1.82) is 0 Å². The van der Waals surface area contributed by atoms with Crippen LogP contribution in [0, 0.1) is 5.82 Å². The van der Waals surface area contributed by atoms with Crippen molar-refractivity contribution in [3.05, 3.63) is 65.5 Å². The maximum absolute atomic E-state index is 13.9. The number of hydrogen-bond acceptors (Lipinski definition) is 3. The van der Waals surface area contributed by atoms with Crippen LogP contribution in [0.5, 0.6) is 11.5 Å². The number of rotatable bonds is 5. The van der Waals surface area contributed by atoms with Crippen LogP contribution in [0.15, 0.2) is 48.5 Å². The summed E-state index contributed by atoms with van der Waals surface area (Å²) >= 11 is 0. The Hall–Kier alpha value is -2.82. The molecule has 1 fully saturated rings. The SMILES string of the molecule is O=C(/C=C/c1ccc2c(c1)OCO2)N(Cc1ccccc1F)C1CC1. The minimum atomic E-state index is -0.277. The van der Waals surface area contributed by atoms with Crippen molar-refractivity contribution < 1.29 is 18.7 Å². The zero-order valence-corrected chi connectivity index (χ0v) is 13.7. The third kappa shape index (κ3) is 3.50. The summed E-state index contributed by atoms with van der Waals surface area (Å²) in [5.41, 5.74) is 1.40. The fourth-order valence-electron chi connectivity index (χ4n) is 2.86. The van der Waals surface area contributed by atoms with Crippen molar-refractivity contribution in [1.82, 2.24) is 4.90 Å². The highest BCUT2D eigenvalue weighted by Gasteiger charge is 2.32. The van der Waals surface area contributed by atoms with Crippen molar-refractivity contribution in [2.45, 2.75) is 25.4 Å². The second kappa shape index (κ2) is 6.59. The summed E-state index contributed by atoms with van der Waals surface area (Å²) in [6.07, 6.45) is 5.23. The van der Waals surface area contributed by atoms with E-state index in [4.69, 9.17) is 9.47 Å². The number of fused-ring (bicyclic) bond motifs is 1. The Morgan fingerprint density at radius 2 is 1.96 bits per heavy atom. The van der Waals surface area contributed by atoms with Gasteiger partial charge < -0.3 is 14.4 Å². The van der Waals surface area contributed by atoms with Gasteiger partial charge in [-0.25, -0.2) is 4.39 Å². The number of carbonyl (C=O) groups is 1. The van der Waals surface area contributed by atoms with Crippen LogP contribution in [0.3, 0.4) is 0 Å². The largest absolute Gasteiger partial charge is 0.454 e. The van der Waals surface area contributed by atoms with Gasteiger partial charge in [-0.2, -0.15) is 0 Å². The van der Waals surface area contributed by atoms with E-state index in [2.05, 4.69) is 0 Å². The normalized spacial score (nSPS) is 15.6. The van der Waals surface area contributed by atoms with E-state index in [9.17, 15) is 9.18 Å². The van der Waals surface area contributed by atoms with Crippen molar-refractivity contribution >= 4 is 12.0 Å². The zero-order valence-electron chi connectivity index (χ0n) is 13.7. The minimum absolute atomic E-state index is 0.108. The van der Waals surface area contributed by atoms with E-state index >= 15 is 0 Å². The number of halogens is 1. The molecule has 2 aromatic carbocycles. The molecule has 0 saturated heterocycles. The van der Waals surface area contributed by atoms with Crippen LogP contribution in [0.4, 0.5) is 4.39 Å². The van der Waals surface area contributed by atoms with E-state index in [1.165, 1.54) is 12.1 Å². The summed E-state index contributed by atoms with van der Waals surface area (Å²) in [5, 5.41) is 0. The van der Waals surface area contributed by atoms with Crippen LogP contribution < -0.4 is 9.47 Å². The Balaban J connectivity index is 1.48. The minimum Gasteiger partial charge on any atom is -0.454 e. The predicted molar refractivity (Wildman–Crippen MR) is 91.6 cm³/mol. The highest BCUT2D eigenvalue weighted by atomic mass is 19.1. The number of amides is 1. The van der Waals surface area contributed by atoms with Gasteiger partial charge in [-0.05, 0) is 42.7 Å².